The van der Waals surface area contributed by atoms with Gasteiger partial charge in [0.1, 0.15) is 11.5 Å². The molecular weight excluding hydrogens is 390 g/mol. The highest BCUT2D eigenvalue weighted by molar-refractivity contribution is 6.04. The Morgan fingerprint density at radius 2 is 1.84 bits per heavy atom. The van der Waals surface area contributed by atoms with E-state index < -0.39 is 0 Å². The number of amides is 1. The molecule has 6 heteroatoms. The minimum atomic E-state index is -0.227. The summed E-state index contributed by atoms with van der Waals surface area (Å²) in [5, 5.41) is 6.54. The van der Waals surface area contributed by atoms with Gasteiger partial charge in [-0.2, -0.15) is 5.10 Å². The maximum absolute atomic E-state index is 13.4. The van der Waals surface area contributed by atoms with Crippen LogP contribution in [0.3, 0.4) is 0 Å². The van der Waals surface area contributed by atoms with Crippen molar-refractivity contribution in [3.63, 3.8) is 0 Å². The summed E-state index contributed by atoms with van der Waals surface area (Å²) in [6, 6.07) is 11.9. The van der Waals surface area contributed by atoms with Crippen molar-refractivity contribution >= 4 is 11.6 Å². The molecule has 0 bridgehead atoms. The van der Waals surface area contributed by atoms with Gasteiger partial charge in [0.25, 0.3) is 5.91 Å². The molecule has 1 fully saturated rings. The first kappa shape index (κ1) is 21.4. The lowest BCUT2D eigenvalue weighted by Crippen LogP contribution is -2.37. The van der Waals surface area contributed by atoms with E-state index in [0.717, 1.165) is 59.8 Å². The molecule has 164 valence electrons. The number of nitrogens with zero attached hydrogens (tertiary/aromatic N) is 3. The molecule has 1 unspecified atom stereocenters. The summed E-state index contributed by atoms with van der Waals surface area (Å²) < 4.78 is 11.1. The van der Waals surface area contributed by atoms with Crippen LogP contribution in [-0.2, 0) is 4.79 Å². The minimum absolute atomic E-state index is 0.0251. The molecule has 0 spiro atoms. The quantitative estimate of drug-likeness (QED) is 0.705. The number of hydrogen-bond donors (Lipinski definition) is 0. The van der Waals surface area contributed by atoms with Crippen LogP contribution < -0.4 is 9.47 Å². The summed E-state index contributed by atoms with van der Waals surface area (Å²) in [7, 11) is 3.30. The molecule has 0 radical (unpaired) electrons. The van der Waals surface area contributed by atoms with Gasteiger partial charge in [0, 0.05) is 17.5 Å². The van der Waals surface area contributed by atoms with Gasteiger partial charge < -0.3 is 9.47 Å². The van der Waals surface area contributed by atoms with Crippen molar-refractivity contribution in [2.24, 2.45) is 5.10 Å². The second-order valence-corrected chi connectivity index (χ2v) is 8.41. The average Bonchev–Trinajstić information content (AvgIpc) is 3.45. The lowest BCUT2D eigenvalue weighted by molar-refractivity contribution is -0.134. The Hall–Kier alpha value is -2.86. The summed E-state index contributed by atoms with van der Waals surface area (Å²) >= 11 is 0. The van der Waals surface area contributed by atoms with Gasteiger partial charge in [-0.3, -0.25) is 9.69 Å². The number of ether oxygens (including phenoxy) is 2. The van der Waals surface area contributed by atoms with Crippen LogP contribution in [0.4, 0.5) is 0 Å². The topological polar surface area (TPSA) is 54.4 Å². The molecule has 0 saturated carbocycles. The number of aryl methyl sites for hydroxylation is 2. The number of methoxy groups -OCH3 is 2. The van der Waals surface area contributed by atoms with Crippen LogP contribution in [-0.4, -0.2) is 55.4 Å². The third kappa shape index (κ3) is 4.44. The first-order chi connectivity index (χ1) is 15.0. The second kappa shape index (κ2) is 9.10. The molecule has 4 rings (SSSR count). The van der Waals surface area contributed by atoms with Crippen molar-refractivity contribution in [1.82, 2.24) is 9.91 Å². The first-order valence-electron chi connectivity index (χ1n) is 10.9. The standard InChI is InChI=1S/C25H31N3O3/c1-17-7-8-18(2)20(13-17)22-15-23(21-14-19(30-3)9-10-24(21)31-4)28(26-22)25(29)16-27-11-5-6-12-27/h7-10,13-14,23H,5-6,11-12,15-16H2,1-4H3. The SMILES string of the molecule is COc1ccc(OC)c(C2CC(c3cc(C)ccc3C)=NN2C(=O)CN2CCCC2)c1. The third-order valence-electron chi connectivity index (χ3n) is 6.22. The largest absolute Gasteiger partial charge is 0.497 e. The second-order valence-electron chi connectivity index (χ2n) is 8.41. The van der Waals surface area contributed by atoms with E-state index in [-0.39, 0.29) is 11.9 Å². The molecule has 2 aliphatic rings. The number of carbonyl (C=O) groups is 1. The Labute approximate surface area is 184 Å². The van der Waals surface area contributed by atoms with Crippen LogP contribution in [0.2, 0.25) is 0 Å². The van der Waals surface area contributed by atoms with Crippen molar-refractivity contribution in [2.75, 3.05) is 33.9 Å². The van der Waals surface area contributed by atoms with Crippen molar-refractivity contribution in [2.45, 2.75) is 39.2 Å². The fraction of sp³-hybridized carbons (Fsp3) is 0.440. The molecule has 2 aliphatic heterocycles. The van der Waals surface area contributed by atoms with Crippen LogP contribution in [0.5, 0.6) is 11.5 Å². The van der Waals surface area contributed by atoms with Crippen LogP contribution in [0.25, 0.3) is 0 Å². The van der Waals surface area contributed by atoms with Crippen molar-refractivity contribution in [3.05, 3.63) is 58.7 Å². The number of carbonyl (C=O) groups excluding carboxylic acids is 1. The van der Waals surface area contributed by atoms with Crippen LogP contribution >= 0.6 is 0 Å². The Kier molecular flexibility index (Phi) is 6.28. The van der Waals surface area contributed by atoms with Gasteiger partial charge >= 0.3 is 0 Å². The zero-order valence-corrected chi connectivity index (χ0v) is 18.9. The van der Waals surface area contributed by atoms with Crippen molar-refractivity contribution in [1.29, 1.82) is 0 Å². The molecule has 2 heterocycles. The van der Waals surface area contributed by atoms with E-state index >= 15 is 0 Å². The Balaban J connectivity index is 1.72. The van der Waals surface area contributed by atoms with E-state index in [2.05, 4.69) is 36.9 Å². The van der Waals surface area contributed by atoms with Gasteiger partial charge in [0.2, 0.25) is 0 Å². The molecule has 31 heavy (non-hydrogen) atoms. The molecule has 6 nitrogen and oxygen atoms in total. The van der Waals surface area contributed by atoms with Gasteiger partial charge in [-0.05, 0) is 69.6 Å². The number of benzene rings is 2. The van der Waals surface area contributed by atoms with E-state index in [9.17, 15) is 4.79 Å². The fourth-order valence-corrected chi connectivity index (χ4v) is 4.50. The predicted molar refractivity (Wildman–Crippen MR) is 122 cm³/mol. The lowest BCUT2D eigenvalue weighted by atomic mass is 9.94. The van der Waals surface area contributed by atoms with Crippen molar-refractivity contribution in [3.8, 4) is 11.5 Å². The highest BCUT2D eigenvalue weighted by Gasteiger charge is 2.36. The van der Waals surface area contributed by atoms with E-state index in [0.29, 0.717) is 13.0 Å². The van der Waals surface area contributed by atoms with E-state index in [1.54, 1.807) is 19.2 Å². The zero-order chi connectivity index (χ0) is 22.0. The number of hydrazone groups is 1. The third-order valence-corrected chi connectivity index (χ3v) is 6.22. The molecule has 1 saturated heterocycles. The van der Waals surface area contributed by atoms with Gasteiger partial charge in [0.05, 0.1) is 32.5 Å². The van der Waals surface area contributed by atoms with Gasteiger partial charge in [-0.15, -0.1) is 0 Å². The molecule has 0 aromatic heterocycles. The van der Waals surface area contributed by atoms with Crippen LogP contribution in [0, 0.1) is 13.8 Å². The van der Waals surface area contributed by atoms with E-state index in [1.807, 2.05) is 18.2 Å². The molecule has 0 N–H and O–H groups in total. The van der Waals surface area contributed by atoms with E-state index in [1.165, 1.54) is 5.56 Å². The molecule has 0 aliphatic carbocycles. The number of hydrogen-bond acceptors (Lipinski definition) is 5. The molecule has 1 amide bonds. The van der Waals surface area contributed by atoms with Crippen LogP contribution in [0.15, 0.2) is 41.5 Å². The predicted octanol–water partition coefficient (Wildman–Crippen LogP) is 4.09. The average molecular weight is 422 g/mol. The molecule has 1 atom stereocenters. The first-order valence-corrected chi connectivity index (χ1v) is 10.9. The Morgan fingerprint density at radius 1 is 1.06 bits per heavy atom. The Morgan fingerprint density at radius 3 is 2.55 bits per heavy atom. The monoisotopic (exact) mass is 421 g/mol. The highest BCUT2D eigenvalue weighted by Crippen LogP contribution is 2.39. The zero-order valence-electron chi connectivity index (χ0n) is 18.9. The lowest BCUT2D eigenvalue weighted by Gasteiger charge is -2.26. The van der Waals surface area contributed by atoms with Gasteiger partial charge in [0.15, 0.2) is 0 Å². The minimum Gasteiger partial charge on any atom is -0.497 e. The number of rotatable bonds is 6. The van der Waals surface area contributed by atoms with Gasteiger partial charge in [-0.25, -0.2) is 5.01 Å². The smallest absolute Gasteiger partial charge is 0.257 e. The molecule has 2 aromatic carbocycles. The maximum Gasteiger partial charge on any atom is 0.257 e. The van der Waals surface area contributed by atoms with Gasteiger partial charge in [-0.1, -0.05) is 17.7 Å². The Bertz CT molecular complexity index is 996. The van der Waals surface area contributed by atoms with Crippen molar-refractivity contribution < 1.29 is 14.3 Å². The van der Waals surface area contributed by atoms with Crippen LogP contribution in [0.1, 0.15) is 47.6 Å². The van der Waals surface area contributed by atoms with E-state index in [4.69, 9.17) is 14.6 Å². The maximum atomic E-state index is 13.4. The summed E-state index contributed by atoms with van der Waals surface area (Å²) in [5.74, 6) is 1.50. The molecular formula is C25H31N3O3. The fourth-order valence-electron chi connectivity index (χ4n) is 4.50. The molecule has 2 aromatic rings. The summed E-state index contributed by atoms with van der Waals surface area (Å²) in [4.78, 5) is 15.6. The number of likely N-dealkylation sites (tertiary alicyclic amines) is 1. The summed E-state index contributed by atoms with van der Waals surface area (Å²) in [5.41, 5.74) is 5.30. The normalized spacial score (nSPS) is 18.9. The summed E-state index contributed by atoms with van der Waals surface area (Å²) in [6.45, 7) is 6.51. The summed E-state index contributed by atoms with van der Waals surface area (Å²) in [6.07, 6.45) is 2.94. The highest BCUT2D eigenvalue weighted by atomic mass is 16.5.